The van der Waals surface area contributed by atoms with Crippen LogP contribution in [0.4, 0.5) is 10.1 Å². The van der Waals surface area contributed by atoms with E-state index in [0.29, 0.717) is 18.1 Å². The van der Waals surface area contributed by atoms with Crippen LogP contribution in [-0.4, -0.2) is 19.1 Å². The van der Waals surface area contributed by atoms with Gasteiger partial charge in [0.2, 0.25) is 0 Å². The minimum Gasteiger partial charge on any atom is -0.490 e. The Hall–Kier alpha value is -2.27. The van der Waals surface area contributed by atoms with Crippen molar-refractivity contribution in [2.45, 2.75) is 13.3 Å². The highest BCUT2D eigenvalue weighted by Gasteiger charge is 2.10. The first-order chi connectivity index (χ1) is 11.1. The van der Waals surface area contributed by atoms with Crippen molar-refractivity contribution in [1.29, 1.82) is 0 Å². The zero-order chi connectivity index (χ0) is 16.7. The molecule has 2 rings (SSSR count). The maximum atomic E-state index is 13.6. The van der Waals surface area contributed by atoms with Crippen LogP contribution >= 0.6 is 11.6 Å². The number of carbonyl (C=O) groups excluding carboxylic acids is 1. The fraction of sp³-hybridized carbons (Fsp3) is 0.235. The van der Waals surface area contributed by atoms with E-state index in [9.17, 15) is 9.18 Å². The Morgan fingerprint density at radius 2 is 1.87 bits per heavy atom. The van der Waals surface area contributed by atoms with Gasteiger partial charge in [0.15, 0.2) is 18.1 Å². The molecule has 0 unspecified atom stereocenters. The number of amides is 1. The average Bonchev–Trinajstić information content (AvgIpc) is 2.54. The molecule has 0 aliphatic heterocycles. The number of carbonyl (C=O) groups is 1. The van der Waals surface area contributed by atoms with Crippen LogP contribution in [0, 0.1) is 5.82 Å². The number of anilines is 1. The Morgan fingerprint density at radius 3 is 2.52 bits per heavy atom. The molecular weight excluding hydrogens is 321 g/mol. The molecule has 1 amide bonds. The van der Waals surface area contributed by atoms with Gasteiger partial charge in [0.05, 0.1) is 12.3 Å². The van der Waals surface area contributed by atoms with Crippen molar-refractivity contribution < 1.29 is 18.7 Å². The number of rotatable bonds is 7. The third kappa shape index (κ3) is 5.14. The van der Waals surface area contributed by atoms with Gasteiger partial charge in [0.25, 0.3) is 5.91 Å². The van der Waals surface area contributed by atoms with Gasteiger partial charge in [-0.1, -0.05) is 30.7 Å². The van der Waals surface area contributed by atoms with Gasteiger partial charge in [0, 0.05) is 5.02 Å². The zero-order valence-electron chi connectivity index (χ0n) is 12.6. The first kappa shape index (κ1) is 17.1. The van der Waals surface area contributed by atoms with Crippen molar-refractivity contribution in [3.63, 3.8) is 0 Å². The van der Waals surface area contributed by atoms with Crippen molar-refractivity contribution in [2.24, 2.45) is 0 Å². The number of para-hydroxylation sites is 2. The van der Waals surface area contributed by atoms with E-state index >= 15 is 0 Å². The lowest BCUT2D eigenvalue weighted by molar-refractivity contribution is -0.118. The van der Waals surface area contributed by atoms with Crippen LogP contribution in [0.3, 0.4) is 0 Å². The summed E-state index contributed by atoms with van der Waals surface area (Å²) < 4.78 is 24.6. The summed E-state index contributed by atoms with van der Waals surface area (Å²) in [5.74, 6) is -0.0402. The molecular formula is C17H17ClFNO3. The predicted octanol–water partition coefficient (Wildman–Crippen LogP) is 4.29. The number of ether oxygens (including phenoxy) is 2. The molecule has 0 fully saturated rings. The second-order valence-corrected chi connectivity index (χ2v) is 5.19. The van der Waals surface area contributed by atoms with Crippen LogP contribution in [0.1, 0.15) is 13.3 Å². The van der Waals surface area contributed by atoms with Gasteiger partial charge in [-0.25, -0.2) is 4.39 Å². The lowest BCUT2D eigenvalue weighted by Crippen LogP contribution is -2.21. The highest BCUT2D eigenvalue weighted by molar-refractivity contribution is 6.30. The molecule has 1 N–H and O–H groups in total. The fourth-order valence-electron chi connectivity index (χ4n) is 1.82. The highest BCUT2D eigenvalue weighted by Crippen LogP contribution is 2.26. The monoisotopic (exact) mass is 337 g/mol. The number of nitrogens with one attached hydrogen (secondary N) is 1. The van der Waals surface area contributed by atoms with Gasteiger partial charge >= 0.3 is 0 Å². The molecule has 23 heavy (non-hydrogen) atoms. The van der Waals surface area contributed by atoms with E-state index in [1.54, 1.807) is 18.2 Å². The zero-order valence-corrected chi connectivity index (χ0v) is 13.4. The topological polar surface area (TPSA) is 47.6 Å². The number of benzene rings is 2. The van der Waals surface area contributed by atoms with Crippen LogP contribution in [0.5, 0.6) is 11.5 Å². The minimum absolute atomic E-state index is 0.0542. The average molecular weight is 338 g/mol. The summed E-state index contributed by atoms with van der Waals surface area (Å²) in [4.78, 5) is 11.9. The first-order valence-electron chi connectivity index (χ1n) is 7.19. The molecule has 0 aliphatic carbocycles. The molecule has 0 atom stereocenters. The van der Waals surface area contributed by atoms with E-state index in [0.717, 1.165) is 12.5 Å². The van der Waals surface area contributed by atoms with E-state index in [-0.39, 0.29) is 17.3 Å². The van der Waals surface area contributed by atoms with Crippen molar-refractivity contribution in [2.75, 3.05) is 18.5 Å². The number of halogens is 2. The Balaban J connectivity index is 1.94. The summed E-state index contributed by atoms with van der Waals surface area (Å²) in [6, 6.07) is 11.1. The first-order valence-corrected chi connectivity index (χ1v) is 7.57. The summed E-state index contributed by atoms with van der Waals surface area (Å²) in [6.45, 7) is 2.30. The predicted molar refractivity (Wildman–Crippen MR) is 87.8 cm³/mol. The minimum atomic E-state index is -0.600. The lowest BCUT2D eigenvalue weighted by Gasteiger charge is -2.12. The maximum Gasteiger partial charge on any atom is 0.262 e. The van der Waals surface area contributed by atoms with Crippen LogP contribution in [0.2, 0.25) is 5.02 Å². The molecule has 0 saturated carbocycles. The van der Waals surface area contributed by atoms with Crippen molar-refractivity contribution in [3.05, 3.63) is 53.3 Å². The molecule has 0 radical (unpaired) electrons. The lowest BCUT2D eigenvalue weighted by atomic mass is 10.3. The molecule has 4 nitrogen and oxygen atoms in total. The molecule has 0 aromatic heterocycles. The van der Waals surface area contributed by atoms with Gasteiger partial charge in [-0.3, -0.25) is 4.79 Å². The Labute approximate surface area is 139 Å². The molecule has 6 heteroatoms. The van der Waals surface area contributed by atoms with E-state index in [1.807, 2.05) is 13.0 Å². The number of hydrogen-bond donors (Lipinski definition) is 1. The Morgan fingerprint density at radius 1 is 1.17 bits per heavy atom. The molecule has 0 heterocycles. The molecule has 2 aromatic carbocycles. The van der Waals surface area contributed by atoms with Gasteiger partial charge in [0.1, 0.15) is 5.82 Å². The SMILES string of the molecule is CCCOc1ccccc1OCC(=O)Nc1ccc(Cl)cc1F. The van der Waals surface area contributed by atoms with Gasteiger partial charge in [-0.2, -0.15) is 0 Å². The molecule has 0 bridgehead atoms. The van der Waals surface area contributed by atoms with E-state index in [1.165, 1.54) is 12.1 Å². The van der Waals surface area contributed by atoms with Crippen molar-refractivity contribution in [1.82, 2.24) is 0 Å². The molecule has 0 aliphatic rings. The van der Waals surface area contributed by atoms with Crippen LogP contribution in [0.15, 0.2) is 42.5 Å². The van der Waals surface area contributed by atoms with Crippen LogP contribution in [-0.2, 0) is 4.79 Å². The normalized spacial score (nSPS) is 10.2. The molecule has 2 aromatic rings. The Kier molecular flexibility index (Phi) is 6.23. The third-order valence-electron chi connectivity index (χ3n) is 2.87. The largest absolute Gasteiger partial charge is 0.490 e. The van der Waals surface area contributed by atoms with Gasteiger partial charge < -0.3 is 14.8 Å². The van der Waals surface area contributed by atoms with Gasteiger partial charge in [-0.05, 0) is 36.8 Å². The van der Waals surface area contributed by atoms with Gasteiger partial charge in [-0.15, -0.1) is 0 Å². The van der Waals surface area contributed by atoms with E-state index < -0.39 is 11.7 Å². The summed E-state index contributed by atoms with van der Waals surface area (Å²) in [5, 5.41) is 2.69. The van der Waals surface area contributed by atoms with E-state index in [2.05, 4.69) is 5.32 Å². The third-order valence-corrected chi connectivity index (χ3v) is 3.11. The second-order valence-electron chi connectivity index (χ2n) is 4.76. The number of hydrogen-bond acceptors (Lipinski definition) is 3. The van der Waals surface area contributed by atoms with E-state index in [4.69, 9.17) is 21.1 Å². The summed E-state index contributed by atoms with van der Waals surface area (Å²) in [7, 11) is 0. The molecule has 0 spiro atoms. The standard InChI is InChI=1S/C17H17ClFNO3/c1-2-9-22-15-5-3-4-6-16(15)23-11-17(21)20-14-8-7-12(18)10-13(14)19/h3-8,10H,2,9,11H2,1H3,(H,20,21). The van der Waals surface area contributed by atoms with Crippen molar-refractivity contribution >= 4 is 23.2 Å². The maximum absolute atomic E-state index is 13.6. The van der Waals surface area contributed by atoms with Crippen LogP contribution < -0.4 is 14.8 Å². The smallest absolute Gasteiger partial charge is 0.262 e. The fourth-order valence-corrected chi connectivity index (χ4v) is 1.98. The summed E-state index contributed by atoms with van der Waals surface area (Å²) >= 11 is 5.66. The quantitative estimate of drug-likeness (QED) is 0.820. The molecule has 122 valence electrons. The molecule has 0 saturated heterocycles. The summed E-state index contributed by atoms with van der Waals surface area (Å²) in [6.07, 6.45) is 0.866. The summed E-state index contributed by atoms with van der Waals surface area (Å²) in [5.41, 5.74) is 0.0542. The van der Waals surface area contributed by atoms with Crippen LogP contribution in [0.25, 0.3) is 0 Å². The highest BCUT2D eigenvalue weighted by atomic mass is 35.5. The second kappa shape index (κ2) is 8.39. The van der Waals surface area contributed by atoms with Crippen molar-refractivity contribution in [3.8, 4) is 11.5 Å². The Bertz CT molecular complexity index is 679.